The Morgan fingerprint density at radius 1 is 1.62 bits per heavy atom. The van der Waals surface area contributed by atoms with Gasteiger partial charge in [0.1, 0.15) is 18.4 Å². The van der Waals surface area contributed by atoms with Crippen molar-refractivity contribution in [3.05, 3.63) is 39.2 Å². The van der Waals surface area contributed by atoms with Crippen LogP contribution < -0.4 is 4.74 Å². The molecule has 1 aliphatic rings. The maximum absolute atomic E-state index is 8.29. The molecular weight excluding hydrogens is 190 g/mol. The summed E-state index contributed by atoms with van der Waals surface area (Å²) < 4.78 is 5.30. The van der Waals surface area contributed by atoms with Crippen LogP contribution in [0.25, 0.3) is 10.4 Å². The topological polar surface area (TPSA) is 58.0 Å². The highest BCUT2D eigenvalue weighted by molar-refractivity contribution is 6.30. The second kappa shape index (κ2) is 3.17. The fourth-order valence-electron chi connectivity index (χ4n) is 1.33. The lowest BCUT2D eigenvalue weighted by atomic mass is 10.1. The van der Waals surface area contributed by atoms with Crippen molar-refractivity contribution >= 4 is 11.6 Å². The van der Waals surface area contributed by atoms with Crippen LogP contribution in [0.4, 0.5) is 0 Å². The highest BCUT2D eigenvalue weighted by Crippen LogP contribution is 2.36. The first-order valence-electron chi connectivity index (χ1n) is 3.77. The van der Waals surface area contributed by atoms with Gasteiger partial charge in [0.2, 0.25) is 0 Å². The van der Waals surface area contributed by atoms with Gasteiger partial charge >= 0.3 is 0 Å². The number of rotatable bonds is 1. The molecule has 0 unspecified atom stereocenters. The number of nitrogens with zero attached hydrogens (tertiary/aromatic N) is 3. The molecule has 0 spiro atoms. The minimum atomic E-state index is -0.237. The number of hydrogen-bond acceptors (Lipinski definition) is 2. The number of halogens is 1. The van der Waals surface area contributed by atoms with Crippen molar-refractivity contribution in [1.29, 1.82) is 0 Å². The molecule has 0 amide bonds. The molecule has 0 aliphatic carbocycles. The van der Waals surface area contributed by atoms with Gasteiger partial charge in [0.15, 0.2) is 0 Å². The smallest absolute Gasteiger partial charge is 0.123 e. The predicted octanol–water partition coefficient (Wildman–Crippen LogP) is 3.08. The molecule has 13 heavy (non-hydrogen) atoms. The third-order valence-corrected chi connectivity index (χ3v) is 2.15. The van der Waals surface area contributed by atoms with E-state index in [1.807, 2.05) is 0 Å². The molecule has 1 heterocycles. The Hall–Kier alpha value is -1.38. The first-order valence-corrected chi connectivity index (χ1v) is 4.15. The largest absolute Gasteiger partial charge is 0.493 e. The quantitative estimate of drug-likeness (QED) is 0.386. The normalized spacial score (nSPS) is 18.7. The summed E-state index contributed by atoms with van der Waals surface area (Å²) in [5.41, 5.74) is 9.16. The highest BCUT2D eigenvalue weighted by Gasteiger charge is 2.22. The Morgan fingerprint density at radius 3 is 3.23 bits per heavy atom. The Bertz CT molecular complexity index is 387. The zero-order valence-electron chi connectivity index (χ0n) is 6.64. The van der Waals surface area contributed by atoms with E-state index in [1.54, 1.807) is 18.2 Å². The number of benzene rings is 1. The van der Waals surface area contributed by atoms with Gasteiger partial charge in [-0.3, -0.25) is 0 Å². The van der Waals surface area contributed by atoms with E-state index in [0.717, 1.165) is 11.3 Å². The van der Waals surface area contributed by atoms with Crippen LogP contribution in [0.2, 0.25) is 5.02 Å². The van der Waals surface area contributed by atoms with Gasteiger partial charge in [-0.05, 0) is 23.7 Å². The third kappa shape index (κ3) is 1.41. The Kier molecular flexibility index (Phi) is 2.00. The summed E-state index contributed by atoms with van der Waals surface area (Å²) >= 11 is 5.80. The molecule has 0 bridgehead atoms. The summed E-state index contributed by atoms with van der Waals surface area (Å²) in [6, 6.07) is 5.06. The van der Waals surface area contributed by atoms with Gasteiger partial charge in [0.05, 0.1) is 0 Å². The van der Waals surface area contributed by atoms with E-state index in [-0.39, 0.29) is 6.04 Å². The summed E-state index contributed by atoms with van der Waals surface area (Å²) in [5, 5.41) is 4.23. The molecular formula is C8H6ClN3O. The predicted molar refractivity (Wildman–Crippen MR) is 48.8 cm³/mol. The summed E-state index contributed by atoms with van der Waals surface area (Å²) in [5.74, 6) is 0.752. The molecule has 0 saturated carbocycles. The SMILES string of the molecule is [N-]=[N+]=N[C@H]1COc2ccc(Cl)cc21. The number of fused-ring (bicyclic) bond motifs is 1. The summed E-state index contributed by atoms with van der Waals surface area (Å²) in [6.45, 7) is 0.403. The summed E-state index contributed by atoms with van der Waals surface area (Å²) in [7, 11) is 0. The van der Waals surface area contributed by atoms with E-state index in [2.05, 4.69) is 10.0 Å². The maximum Gasteiger partial charge on any atom is 0.123 e. The molecule has 4 nitrogen and oxygen atoms in total. The van der Waals surface area contributed by atoms with E-state index >= 15 is 0 Å². The van der Waals surface area contributed by atoms with E-state index < -0.39 is 0 Å². The molecule has 1 aromatic rings. The van der Waals surface area contributed by atoms with E-state index in [4.69, 9.17) is 21.9 Å². The van der Waals surface area contributed by atoms with Crippen molar-refractivity contribution in [1.82, 2.24) is 0 Å². The molecule has 0 radical (unpaired) electrons. The Balaban J connectivity index is 2.45. The first-order chi connectivity index (χ1) is 6.31. The van der Waals surface area contributed by atoms with Crippen LogP contribution >= 0.6 is 11.6 Å². The monoisotopic (exact) mass is 195 g/mol. The van der Waals surface area contributed by atoms with Crippen molar-refractivity contribution in [2.24, 2.45) is 5.11 Å². The zero-order chi connectivity index (χ0) is 9.26. The standard InChI is InChI=1S/C8H6ClN3O/c9-5-1-2-8-6(3-5)7(4-13-8)11-12-10/h1-3,7H,4H2/t7-/m0/s1. The van der Waals surface area contributed by atoms with Crippen molar-refractivity contribution in [3.8, 4) is 5.75 Å². The second-order valence-corrected chi connectivity index (χ2v) is 3.15. The van der Waals surface area contributed by atoms with Gasteiger partial charge in [0.25, 0.3) is 0 Å². The van der Waals surface area contributed by atoms with Gasteiger partial charge in [-0.1, -0.05) is 16.7 Å². The number of hydrogen-bond donors (Lipinski definition) is 0. The number of azide groups is 1. The zero-order valence-corrected chi connectivity index (χ0v) is 7.40. The fourth-order valence-corrected chi connectivity index (χ4v) is 1.51. The lowest BCUT2D eigenvalue weighted by Gasteiger charge is -1.99. The van der Waals surface area contributed by atoms with Crippen LogP contribution in [-0.2, 0) is 0 Å². The molecule has 1 aliphatic heterocycles. The Morgan fingerprint density at radius 2 is 2.46 bits per heavy atom. The van der Waals surface area contributed by atoms with Crippen LogP contribution in [0.3, 0.4) is 0 Å². The minimum Gasteiger partial charge on any atom is -0.493 e. The summed E-state index contributed by atoms with van der Waals surface area (Å²) in [6.07, 6.45) is 0. The second-order valence-electron chi connectivity index (χ2n) is 2.71. The molecule has 0 fully saturated rings. The van der Waals surface area contributed by atoms with Gasteiger partial charge in [-0.25, -0.2) is 0 Å². The molecule has 0 saturated heterocycles. The van der Waals surface area contributed by atoms with Crippen molar-refractivity contribution < 1.29 is 4.74 Å². The minimum absolute atomic E-state index is 0.237. The van der Waals surface area contributed by atoms with Crippen LogP contribution in [0, 0.1) is 0 Å². The lowest BCUT2D eigenvalue weighted by molar-refractivity contribution is 0.333. The highest BCUT2D eigenvalue weighted by atomic mass is 35.5. The van der Waals surface area contributed by atoms with Crippen LogP contribution in [0.1, 0.15) is 11.6 Å². The van der Waals surface area contributed by atoms with Crippen molar-refractivity contribution in [2.75, 3.05) is 6.61 Å². The molecule has 5 heteroatoms. The fraction of sp³-hybridized carbons (Fsp3) is 0.250. The van der Waals surface area contributed by atoms with Crippen molar-refractivity contribution in [3.63, 3.8) is 0 Å². The number of ether oxygens (including phenoxy) is 1. The van der Waals surface area contributed by atoms with E-state index in [1.165, 1.54) is 0 Å². The van der Waals surface area contributed by atoms with Crippen LogP contribution in [0.15, 0.2) is 23.3 Å². The molecule has 0 N–H and O–H groups in total. The van der Waals surface area contributed by atoms with Gasteiger partial charge in [-0.2, -0.15) is 0 Å². The molecule has 0 aromatic heterocycles. The molecule has 1 atom stereocenters. The van der Waals surface area contributed by atoms with Crippen LogP contribution in [0.5, 0.6) is 5.75 Å². The average Bonchev–Trinajstić information content (AvgIpc) is 2.49. The maximum atomic E-state index is 8.29. The summed E-state index contributed by atoms with van der Waals surface area (Å²) in [4.78, 5) is 2.75. The molecule has 66 valence electrons. The third-order valence-electron chi connectivity index (χ3n) is 1.92. The Labute approximate surface area is 79.7 Å². The first kappa shape index (κ1) is 8.23. The lowest BCUT2D eigenvalue weighted by Crippen LogP contribution is -1.94. The van der Waals surface area contributed by atoms with Crippen molar-refractivity contribution in [2.45, 2.75) is 6.04 Å². The van der Waals surface area contributed by atoms with Gasteiger partial charge in [0, 0.05) is 15.5 Å². The average molecular weight is 196 g/mol. The van der Waals surface area contributed by atoms with Gasteiger partial charge < -0.3 is 4.74 Å². The van der Waals surface area contributed by atoms with E-state index in [0.29, 0.717) is 11.6 Å². The van der Waals surface area contributed by atoms with Crippen LogP contribution in [-0.4, -0.2) is 6.61 Å². The molecule has 2 rings (SSSR count). The van der Waals surface area contributed by atoms with E-state index in [9.17, 15) is 0 Å². The molecule has 1 aromatic carbocycles. The van der Waals surface area contributed by atoms with Gasteiger partial charge in [-0.15, -0.1) is 0 Å².